The topological polar surface area (TPSA) is 70.7 Å². The van der Waals surface area contributed by atoms with Gasteiger partial charge in [0.1, 0.15) is 5.82 Å². The van der Waals surface area contributed by atoms with Gasteiger partial charge in [0.25, 0.3) is 0 Å². The Balaban J connectivity index is 1.50. The molecule has 0 aliphatic heterocycles. The largest absolute Gasteiger partial charge is 0.355 e. The lowest BCUT2D eigenvalue weighted by Gasteiger charge is -2.14. The molecular formula is C19H23FN4OS. The normalized spacial score (nSPS) is 15.4. The predicted octanol–water partition coefficient (Wildman–Crippen LogP) is 4.10. The minimum atomic E-state index is -0.358. The molecule has 1 aromatic heterocycles. The molecular weight excluding hydrogens is 351 g/mol. The van der Waals surface area contributed by atoms with Crippen molar-refractivity contribution >= 4 is 17.7 Å². The van der Waals surface area contributed by atoms with E-state index in [-0.39, 0.29) is 17.0 Å². The van der Waals surface area contributed by atoms with E-state index in [9.17, 15) is 9.18 Å². The van der Waals surface area contributed by atoms with E-state index >= 15 is 0 Å². The average molecular weight is 374 g/mol. The summed E-state index contributed by atoms with van der Waals surface area (Å²) >= 11 is 1.26. The summed E-state index contributed by atoms with van der Waals surface area (Å²) in [6, 6.07) is 6.38. The van der Waals surface area contributed by atoms with E-state index in [1.54, 1.807) is 18.2 Å². The number of aromatic nitrogens is 3. The van der Waals surface area contributed by atoms with Crippen molar-refractivity contribution in [3.63, 3.8) is 0 Å². The fourth-order valence-electron chi connectivity index (χ4n) is 2.91. The van der Waals surface area contributed by atoms with Crippen LogP contribution in [0.1, 0.15) is 39.0 Å². The van der Waals surface area contributed by atoms with Gasteiger partial charge >= 0.3 is 0 Å². The van der Waals surface area contributed by atoms with Crippen molar-refractivity contribution in [3.05, 3.63) is 41.7 Å². The van der Waals surface area contributed by atoms with E-state index in [4.69, 9.17) is 0 Å². The van der Waals surface area contributed by atoms with Crippen molar-refractivity contribution in [1.82, 2.24) is 20.5 Å². The molecule has 0 spiro atoms. The highest BCUT2D eigenvalue weighted by atomic mass is 32.2. The van der Waals surface area contributed by atoms with Crippen LogP contribution in [0.3, 0.4) is 0 Å². The molecule has 3 rings (SSSR count). The highest BCUT2D eigenvalue weighted by molar-refractivity contribution is 8.00. The van der Waals surface area contributed by atoms with Crippen LogP contribution in [0.5, 0.6) is 0 Å². The second-order valence-corrected chi connectivity index (χ2v) is 7.66. The summed E-state index contributed by atoms with van der Waals surface area (Å²) in [7, 11) is 0. The lowest BCUT2D eigenvalue weighted by molar-refractivity contribution is -0.120. The number of carbonyl (C=O) groups excluding carboxylic acids is 1. The third-order valence-electron chi connectivity index (χ3n) is 4.38. The van der Waals surface area contributed by atoms with Crippen LogP contribution in [0.2, 0.25) is 0 Å². The van der Waals surface area contributed by atoms with E-state index in [1.165, 1.54) is 36.2 Å². The zero-order valence-electron chi connectivity index (χ0n) is 14.8. The molecule has 26 heavy (non-hydrogen) atoms. The Bertz CT molecular complexity index is 789. The van der Waals surface area contributed by atoms with Crippen molar-refractivity contribution in [3.8, 4) is 11.4 Å². The van der Waals surface area contributed by atoms with Crippen molar-refractivity contribution in [2.24, 2.45) is 0 Å². The Morgan fingerprint density at radius 2 is 2.23 bits per heavy atom. The number of allylic oxidation sites excluding steroid dienone is 1. The molecule has 1 aliphatic carbocycles. The quantitative estimate of drug-likeness (QED) is 0.565. The molecule has 0 fully saturated rings. The Kier molecular flexibility index (Phi) is 6.44. The smallest absolute Gasteiger partial charge is 0.233 e. The van der Waals surface area contributed by atoms with Gasteiger partial charge in [-0.1, -0.05) is 35.5 Å². The predicted molar refractivity (Wildman–Crippen MR) is 101 cm³/mol. The van der Waals surface area contributed by atoms with Gasteiger partial charge in [0.05, 0.1) is 10.8 Å². The molecule has 2 N–H and O–H groups in total. The molecule has 0 unspecified atom stereocenters. The fraction of sp³-hybridized carbons (Fsp3) is 0.421. The zero-order valence-corrected chi connectivity index (χ0v) is 15.6. The second kappa shape index (κ2) is 8.98. The van der Waals surface area contributed by atoms with Crippen LogP contribution in [0.25, 0.3) is 11.4 Å². The molecule has 1 aromatic carbocycles. The number of aromatic amines is 1. The van der Waals surface area contributed by atoms with Gasteiger partial charge in [-0.25, -0.2) is 9.37 Å². The van der Waals surface area contributed by atoms with Gasteiger partial charge < -0.3 is 5.32 Å². The standard InChI is InChI=1S/C19H23FN4OS/c1-13(18(25)21-12-11-14-7-3-2-4-8-14)26-19-22-17(23-24-19)15-9-5-6-10-16(15)20/h5-7,9-10,13H,2-4,8,11-12H2,1H3,(H,21,25)(H,22,23,24)/t13-/m1/s1. The Morgan fingerprint density at radius 3 is 3.00 bits per heavy atom. The van der Waals surface area contributed by atoms with Gasteiger partial charge in [0.2, 0.25) is 11.1 Å². The molecule has 1 heterocycles. The molecule has 138 valence electrons. The number of nitrogens with one attached hydrogen (secondary N) is 2. The van der Waals surface area contributed by atoms with Gasteiger partial charge in [-0.05, 0) is 51.2 Å². The first-order valence-electron chi connectivity index (χ1n) is 8.93. The van der Waals surface area contributed by atoms with Gasteiger partial charge in [-0.2, -0.15) is 0 Å². The summed E-state index contributed by atoms with van der Waals surface area (Å²) in [6.45, 7) is 2.48. The Hall–Kier alpha value is -2.15. The van der Waals surface area contributed by atoms with Gasteiger partial charge in [0.15, 0.2) is 5.82 Å². The van der Waals surface area contributed by atoms with Crippen LogP contribution in [-0.2, 0) is 4.79 Å². The number of hydrogen-bond donors (Lipinski definition) is 2. The first-order chi connectivity index (χ1) is 12.6. The fourth-order valence-corrected chi connectivity index (χ4v) is 3.66. The maximum absolute atomic E-state index is 13.8. The number of rotatable bonds is 7. The van der Waals surface area contributed by atoms with Crippen molar-refractivity contribution in [2.45, 2.75) is 49.4 Å². The first-order valence-corrected chi connectivity index (χ1v) is 9.81. The highest BCUT2D eigenvalue weighted by Gasteiger charge is 2.18. The molecule has 1 amide bonds. The van der Waals surface area contributed by atoms with E-state index < -0.39 is 0 Å². The van der Waals surface area contributed by atoms with Crippen molar-refractivity contribution in [1.29, 1.82) is 0 Å². The minimum absolute atomic E-state index is 0.0383. The average Bonchev–Trinajstić information content (AvgIpc) is 3.11. The number of carbonyl (C=O) groups is 1. The second-order valence-electron chi connectivity index (χ2n) is 6.36. The SMILES string of the molecule is C[C@@H](Sc1n[nH]c(-c2ccccc2F)n1)C(=O)NCCC1=CCCCC1. The number of halogens is 1. The molecule has 5 nitrogen and oxygen atoms in total. The number of H-pyrrole nitrogens is 1. The lowest BCUT2D eigenvalue weighted by Crippen LogP contribution is -2.32. The highest BCUT2D eigenvalue weighted by Crippen LogP contribution is 2.24. The number of hydrogen-bond acceptors (Lipinski definition) is 4. The first kappa shape index (κ1) is 18.6. The molecule has 0 bridgehead atoms. The summed E-state index contributed by atoms with van der Waals surface area (Å²) in [5, 5.41) is 9.90. The molecule has 0 radical (unpaired) electrons. The summed E-state index contributed by atoms with van der Waals surface area (Å²) in [4.78, 5) is 16.5. The number of nitrogens with zero attached hydrogens (tertiary/aromatic N) is 2. The van der Waals surface area contributed by atoms with Crippen molar-refractivity contribution < 1.29 is 9.18 Å². The minimum Gasteiger partial charge on any atom is -0.355 e. The van der Waals surface area contributed by atoms with Gasteiger partial charge in [-0.3, -0.25) is 9.89 Å². The van der Waals surface area contributed by atoms with E-state index in [2.05, 4.69) is 26.6 Å². The van der Waals surface area contributed by atoms with Crippen molar-refractivity contribution in [2.75, 3.05) is 6.54 Å². The van der Waals surface area contributed by atoms with Crippen LogP contribution in [0, 0.1) is 5.82 Å². The number of amides is 1. The summed E-state index contributed by atoms with van der Waals surface area (Å²) in [5.41, 5.74) is 1.81. The van der Waals surface area contributed by atoms with Gasteiger partial charge in [0, 0.05) is 6.54 Å². The lowest BCUT2D eigenvalue weighted by atomic mass is 9.97. The van der Waals surface area contributed by atoms with Crippen LogP contribution >= 0.6 is 11.8 Å². The number of thioether (sulfide) groups is 1. The van der Waals surface area contributed by atoms with E-state index in [0.29, 0.717) is 23.1 Å². The van der Waals surface area contributed by atoms with Crippen LogP contribution < -0.4 is 5.32 Å². The molecule has 0 saturated heterocycles. The number of benzene rings is 1. The summed E-state index contributed by atoms with van der Waals surface area (Å²) < 4.78 is 13.8. The molecule has 1 aliphatic rings. The Morgan fingerprint density at radius 1 is 1.38 bits per heavy atom. The molecule has 1 atom stereocenters. The zero-order chi connectivity index (χ0) is 18.4. The monoisotopic (exact) mass is 374 g/mol. The van der Waals surface area contributed by atoms with Gasteiger partial charge in [-0.15, -0.1) is 5.10 Å². The van der Waals surface area contributed by atoms with Crippen LogP contribution in [0.15, 0.2) is 41.1 Å². The van der Waals surface area contributed by atoms with E-state index in [0.717, 1.165) is 19.3 Å². The molecule has 7 heteroatoms. The van der Waals surface area contributed by atoms with Crippen LogP contribution in [0.4, 0.5) is 4.39 Å². The third-order valence-corrected chi connectivity index (χ3v) is 5.34. The maximum atomic E-state index is 13.8. The van der Waals surface area contributed by atoms with E-state index in [1.807, 2.05) is 6.92 Å². The maximum Gasteiger partial charge on any atom is 0.233 e. The molecule has 0 saturated carbocycles. The summed E-state index contributed by atoms with van der Waals surface area (Å²) in [6.07, 6.45) is 8.05. The summed E-state index contributed by atoms with van der Waals surface area (Å²) in [5.74, 6) is -0.0332. The molecule has 2 aromatic rings. The third kappa shape index (κ3) is 4.94. The Labute approximate surface area is 156 Å². The van der Waals surface area contributed by atoms with Crippen LogP contribution in [-0.4, -0.2) is 32.9 Å².